The zero-order chi connectivity index (χ0) is 26.7. The van der Waals surface area contributed by atoms with Crippen LogP contribution in [0.3, 0.4) is 0 Å². The van der Waals surface area contributed by atoms with Gasteiger partial charge in [-0.05, 0) is 38.5 Å². The molecule has 0 saturated heterocycles. The second-order valence-corrected chi connectivity index (χ2v) is 9.72. The van der Waals surface area contributed by atoms with Crippen molar-refractivity contribution < 1.29 is 34.2 Å². The van der Waals surface area contributed by atoms with E-state index in [0.717, 1.165) is 25.7 Å². The number of aliphatic carboxylic acids is 3. The van der Waals surface area contributed by atoms with Gasteiger partial charge >= 0.3 is 11.9 Å². The van der Waals surface area contributed by atoms with Gasteiger partial charge in [0.15, 0.2) is 12.1 Å². The summed E-state index contributed by atoms with van der Waals surface area (Å²) < 4.78 is -0.482. The molecule has 204 valence electrons. The molecule has 0 radical (unpaired) electrons. The van der Waals surface area contributed by atoms with E-state index in [-0.39, 0.29) is 25.8 Å². The second kappa shape index (κ2) is 19.3. The first-order chi connectivity index (χ1) is 16.7. The third-order valence-corrected chi connectivity index (χ3v) is 7.30. The predicted octanol–water partition coefficient (Wildman–Crippen LogP) is 5.32. The molecule has 35 heavy (non-hydrogen) atoms. The number of quaternary nitrogens is 1. The van der Waals surface area contributed by atoms with Crippen LogP contribution in [0.1, 0.15) is 124 Å². The number of nitrogens with zero attached hydrogens (tertiary/aromatic N) is 1. The van der Waals surface area contributed by atoms with Gasteiger partial charge in [0.1, 0.15) is 6.04 Å². The minimum atomic E-state index is -1.37. The van der Waals surface area contributed by atoms with Crippen LogP contribution in [0.5, 0.6) is 0 Å². The Morgan fingerprint density at radius 1 is 0.657 bits per heavy atom. The highest BCUT2D eigenvalue weighted by Crippen LogP contribution is 2.32. The van der Waals surface area contributed by atoms with Gasteiger partial charge in [0.2, 0.25) is 0 Å². The molecular formula is C28H51NO6. The van der Waals surface area contributed by atoms with Crippen LogP contribution in [0, 0.1) is 0 Å². The number of hydrogen-bond donors (Lipinski definition) is 2. The Labute approximate surface area is 213 Å². The average Bonchev–Trinajstić information content (AvgIpc) is 2.79. The Morgan fingerprint density at radius 3 is 1.43 bits per heavy atom. The van der Waals surface area contributed by atoms with Crippen LogP contribution in [-0.2, 0) is 14.4 Å². The van der Waals surface area contributed by atoms with E-state index in [1.54, 1.807) is 20.8 Å². The summed E-state index contributed by atoms with van der Waals surface area (Å²) in [6.07, 6.45) is 18.2. The molecule has 0 bridgehead atoms. The maximum Gasteiger partial charge on any atom is 0.362 e. The summed E-state index contributed by atoms with van der Waals surface area (Å²) >= 11 is 0. The summed E-state index contributed by atoms with van der Waals surface area (Å²) in [4.78, 5) is 36.4. The molecule has 0 aromatic carbocycles. The molecule has 0 saturated carbocycles. The Morgan fingerprint density at radius 2 is 1.06 bits per heavy atom. The molecule has 0 amide bonds. The van der Waals surface area contributed by atoms with Gasteiger partial charge in [-0.2, -0.15) is 0 Å². The molecule has 0 aromatic heterocycles. The molecule has 0 aliphatic heterocycles. The van der Waals surface area contributed by atoms with Crippen molar-refractivity contribution in [3.63, 3.8) is 0 Å². The highest BCUT2D eigenvalue weighted by Gasteiger charge is 2.53. The van der Waals surface area contributed by atoms with Crippen LogP contribution in [-0.4, -0.2) is 57.3 Å². The summed E-state index contributed by atoms with van der Waals surface area (Å²) in [5.74, 6) is -3.68. The average molecular weight is 498 g/mol. The van der Waals surface area contributed by atoms with E-state index in [1.165, 1.54) is 44.9 Å². The molecule has 7 nitrogen and oxygen atoms in total. The number of rotatable bonds is 23. The first-order valence-electron chi connectivity index (χ1n) is 13.9. The minimum Gasteiger partial charge on any atom is -0.544 e. The molecule has 3 unspecified atom stereocenters. The smallest absolute Gasteiger partial charge is 0.362 e. The first-order valence-corrected chi connectivity index (χ1v) is 13.9. The summed E-state index contributed by atoms with van der Waals surface area (Å²) in [5.41, 5.74) is 0. The highest BCUT2D eigenvalue weighted by molar-refractivity contribution is 5.77. The Balaban J connectivity index is 5.03. The predicted molar refractivity (Wildman–Crippen MR) is 138 cm³/mol. The normalized spacial score (nSPS) is 16.0. The van der Waals surface area contributed by atoms with Gasteiger partial charge in [0, 0.05) is 19.3 Å². The van der Waals surface area contributed by atoms with E-state index >= 15 is 0 Å². The monoisotopic (exact) mass is 497 g/mol. The highest BCUT2D eigenvalue weighted by atomic mass is 16.4. The number of carboxylic acids is 3. The van der Waals surface area contributed by atoms with Crippen LogP contribution in [0.25, 0.3) is 0 Å². The van der Waals surface area contributed by atoms with Crippen LogP contribution in [0.15, 0.2) is 12.2 Å². The molecule has 2 N–H and O–H groups in total. The van der Waals surface area contributed by atoms with Gasteiger partial charge in [-0.1, -0.05) is 78.4 Å². The van der Waals surface area contributed by atoms with Crippen LogP contribution >= 0.6 is 0 Å². The molecule has 0 rings (SSSR count). The number of carboxylic acid groups (broad SMARTS) is 3. The Bertz CT molecular complexity index is 578. The molecule has 3 atom stereocenters. The lowest BCUT2D eigenvalue weighted by Crippen LogP contribution is -2.73. The molecule has 0 aliphatic carbocycles. The third-order valence-electron chi connectivity index (χ3n) is 7.30. The maximum atomic E-state index is 12.2. The lowest BCUT2D eigenvalue weighted by atomic mass is 9.94. The Kier molecular flexibility index (Phi) is 18.3. The van der Waals surface area contributed by atoms with Crippen molar-refractivity contribution in [1.82, 2.24) is 0 Å². The van der Waals surface area contributed by atoms with E-state index < -0.39 is 40.5 Å². The molecular weight excluding hydrogens is 446 g/mol. The lowest BCUT2D eigenvalue weighted by molar-refractivity contribution is -0.974. The summed E-state index contributed by atoms with van der Waals surface area (Å²) in [6.45, 7) is 7.44. The fraction of sp³-hybridized carbons (Fsp3) is 0.821. The van der Waals surface area contributed by atoms with Crippen molar-refractivity contribution in [3.05, 3.63) is 12.2 Å². The van der Waals surface area contributed by atoms with Gasteiger partial charge < -0.3 is 20.1 Å². The largest absolute Gasteiger partial charge is 0.544 e. The van der Waals surface area contributed by atoms with Crippen molar-refractivity contribution in [2.75, 3.05) is 6.54 Å². The van der Waals surface area contributed by atoms with Crippen LogP contribution in [0.4, 0.5) is 0 Å². The standard InChI is InChI=1S/C28H51NO6/c1-5-9-10-11-12-13-14-15-16-17-18-19-20-21-22-29(23(6-2)26(30)31,24(7-3)27(32)33)25(8-4)28(34)35/h16-17,23-25H,5-15,18-22H2,1-4H3,(H2-,30,31,32,33,34,35)/b17-16+. The van der Waals surface area contributed by atoms with Crippen LogP contribution < -0.4 is 5.11 Å². The molecule has 0 aliphatic rings. The molecule has 0 aromatic rings. The van der Waals surface area contributed by atoms with Gasteiger partial charge in [-0.3, -0.25) is 4.48 Å². The van der Waals surface area contributed by atoms with Gasteiger partial charge in [0.25, 0.3) is 0 Å². The SMILES string of the molecule is CCCCCCCCC/C=C/CCCCC[N+](C(CC)C(=O)[O-])(C(CC)C(=O)O)C(CC)C(=O)O. The maximum absolute atomic E-state index is 12.2. The topological polar surface area (TPSA) is 115 Å². The number of hydrogen-bond acceptors (Lipinski definition) is 4. The fourth-order valence-corrected chi connectivity index (χ4v) is 5.54. The van der Waals surface area contributed by atoms with E-state index in [4.69, 9.17) is 0 Å². The van der Waals surface area contributed by atoms with Crippen molar-refractivity contribution in [3.8, 4) is 0 Å². The zero-order valence-corrected chi connectivity index (χ0v) is 22.7. The third kappa shape index (κ3) is 11.1. The van der Waals surface area contributed by atoms with Crippen molar-refractivity contribution in [2.24, 2.45) is 0 Å². The fourth-order valence-electron chi connectivity index (χ4n) is 5.54. The molecule has 0 fully saturated rings. The number of allylic oxidation sites excluding steroid dienone is 2. The summed E-state index contributed by atoms with van der Waals surface area (Å²) in [6, 6.07) is -3.40. The van der Waals surface area contributed by atoms with Crippen molar-refractivity contribution in [2.45, 2.75) is 142 Å². The lowest BCUT2D eigenvalue weighted by Gasteiger charge is -2.51. The molecule has 0 heterocycles. The number of carbonyl (C=O) groups excluding carboxylic acids is 1. The number of carbonyl (C=O) groups is 3. The van der Waals surface area contributed by atoms with Gasteiger partial charge in [-0.25, -0.2) is 9.59 Å². The van der Waals surface area contributed by atoms with Crippen molar-refractivity contribution >= 4 is 17.9 Å². The van der Waals surface area contributed by atoms with Gasteiger partial charge in [-0.15, -0.1) is 0 Å². The van der Waals surface area contributed by atoms with Gasteiger partial charge in [0.05, 0.1) is 12.5 Å². The second-order valence-electron chi connectivity index (χ2n) is 9.72. The van der Waals surface area contributed by atoms with E-state index in [9.17, 15) is 29.7 Å². The van der Waals surface area contributed by atoms with Crippen molar-refractivity contribution in [1.29, 1.82) is 0 Å². The molecule has 7 heteroatoms. The summed E-state index contributed by atoms with van der Waals surface area (Å²) in [7, 11) is 0. The molecule has 0 spiro atoms. The Hall–Kier alpha value is -1.89. The van der Waals surface area contributed by atoms with Crippen LogP contribution in [0.2, 0.25) is 0 Å². The first kappa shape index (κ1) is 33.1. The summed E-state index contributed by atoms with van der Waals surface area (Å²) in [5, 5.41) is 32.0. The van der Waals surface area contributed by atoms with E-state index in [1.807, 2.05) is 0 Å². The quantitative estimate of drug-likeness (QED) is 0.112. The van der Waals surface area contributed by atoms with E-state index in [2.05, 4.69) is 19.1 Å². The minimum absolute atomic E-state index is 0.122. The zero-order valence-electron chi connectivity index (χ0n) is 22.7. The number of unbranched alkanes of at least 4 members (excludes halogenated alkanes) is 10. The van der Waals surface area contributed by atoms with E-state index in [0.29, 0.717) is 6.42 Å².